The van der Waals surface area contributed by atoms with Crippen molar-refractivity contribution >= 4 is 71.4 Å². The SMILES string of the molecule is c1ccc(-c2ccc3occc3c2N(c2ccccc2)c2ccc3cc4c(cc3c2)-c2cc3ccc(-n5c6ccccc6c6ccccc65)cc3cc2-4)cc1. The first-order valence-corrected chi connectivity index (χ1v) is 18.8. The fourth-order valence-electron chi connectivity index (χ4n) is 8.98. The van der Waals surface area contributed by atoms with Crippen molar-refractivity contribution in [2.75, 3.05) is 4.90 Å². The topological polar surface area (TPSA) is 21.3 Å². The quantitative estimate of drug-likeness (QED) is 0.178. The molecule has 0 fully saturated rings. The van der Waals surface area contributed by atoms with E-state index >= 15 is 0 Å². The van der Waals surface area contributed by atoms with E-state index in [1.165, 1.54) is 71.3 Å². The smallest absolute Gasteiger partial charge is 0.136 e. The minimum atomic E-state index is 0.865. The Bertz CT molecular complexity index is 3260. The fraction of sp³-hybridized carbons (Fsp3) is 0. The summed E-state index contributed by atoms with van der Waals surface area (Å²) in [6.45, 7) is 0. The zero-order valence-electron chi connectivity index (χ0n) is 29.8. The lowest BCUT2D eigenvalue weighted by Gasteiger charge is -2.29. The van der Waals surface area contributed by atoms with Crippen molar-refractivity contribution < 1.29 is 4.42 Å². The summed E-state index contributed by atoms with van der Waals surface area (Å²) < 4.78 is 8.37. The second kappa shape index (κ2) is 11.6. The summed E-state index contributed by atoms with van der Waals surface area (Å²) in [5.41, 5.74) is 15.4. The van der Waals surface area contributed by atoms with E-state index in [-0.39, 0.29) is 0 Å². The van der Waals surface area contributed by atoms with E-state index in [1.807, 2.05) is 0 Å². The summed E-state index contributed by atoms with van der Waals surface area (Å²) in [5.74, 6) is 0. The second-order valence-corrected chi connectivity index (χ2v) is 14.6. The molecule has 2 heterocycles. The van der Waals surface area contributed by atoms with Crippen LogP contribution in [0.3, 0.4) is 0 Å². The lowest BCUT2D eigenvalue weighted by atomic mass is 9.78. The van der Waals surface area contributed by atoms with Crippen LogP contribution in [0.15, 0.2) is 199 Å². The van der Waals surface area contributed by atoms with Gasteiger partial charge in [0.2, 0.25) is 0 Å². The van der Waals surface area contributed by atoms with Crippen molar-refractivity contribution in [2.24, 2.45) is 0 Å². The summed E-state index contributed by atoms with van der Waals surface area (Å²) in [6, 6.07) is 68.4. The average molecular weight is 701 g/mol. The van der Waals surface area contributed by atoms with Crippen molar-refractivity contribution in [3.63, 3.8) is 0 Å². The van der Waals surface area contributed by atoms with Gasteiger partial charge in [-0.05, 0) is 140 Å². The monoisotopic (exact) mass is 700 g/mol. The Morgan fingerprint density at radius 3 is 1.65 bits per heavy atom. The number of hydrogen-bond acceptors (Lipinski definition) is 2. The van der Waals surface area contributed by atoms with E-state index in [4.69, 9.17) is 4.42 Å². The molecule has 2 aromatic heterocycles. The molecular weight excluding hydrogens is 669 g/mol. The van der Waals surface area contributed by atoms with E-state index in [9.17, 15) is 0 Å². The van der Waals surface area contributed by atoms with Gasteiger partial charge < -0.3 is 13.9 Å². The molecule has 3 heteroatoms. The highest BCUT2D eigenvalue weighted by molar-refractivity contribution is 6.14. The van der Waals surface area contributed by atoms with Crippen molar-refractivity contribution in [3.8, 4) is 39.1 Å². The first kappa shape index (κ1) is 30.1. The molecule has 256 valence electrons. The third kappa shape index (κ3) is 4.50. The Balaban J connectivity index is 0.987. The van der Waals surface area contributed by atoms with Gasteiger partial charge in [0.15, 0.2) is 0 Å². The van der Waals surface area contributed by atoms with Gasteiger partial charge in [-0.2, -0.15) is 0 Å². The maximum atomic E-state index is 5.97. The summed E-state index contributed by atoms with van der Waals surface area (Å²) in [4.78, 5) is 2.38. The minimum Gasteiger partial charge on any atom is -0.464 e. The third-order valence-corrected chi connectivity index (χ3v) is 11.5. The fourth-order valence-corrected chi connectivity index (χ4v) is 8.98. The van der Waals surface area contributed by atoms with E-state index < -0.39 is 0 Å². The van der Waals surface area contributed by atoms with E-state index in [0.717, 1.165) is 39.2 Å². The second-order valence-electron chi connectivity index (χ2n) is 14.6. The molecule has 12 rings (SSSR count). The number of fused-ring (bicyclic) bond motifs is 10. The molecule has 0 N–H and O–H groups in total. The standard InChI is InChI=1S/C52H32N2O/c1-3-11-33(12-4-1)41-23-24-51-44(25-26-55-51)52(41)53(38-13-5-2-6-14-38)39-21-19-34-29-45-47(31-36(34)27-39)46-30-35-20-22-40(28-37(35)32-48(45)46)54-49-17-9-7-15-42(49)43-16-8-10-18-50(43)54/h1-32H. The predicted molar refractivity (Wildman–Crippen MR) is 230 cm³/mol. The number of rotatable bonds is 5. The van der Waals surface area contributed by atoms with Crippen LogP contribution >= 0.6 is 0 Å². The van der Waals surface area contributed by atoms with Gasteiger partial charge in [0.25, 0.3) is 0 Å². The van der Waals surface area contributed by atoms with Crippen LogP contribution in [0.1, 0.15) is 0 Å². The zero-order valence-corrected chi connectivity index (χ0v) is 29.8. The Morgan fingerprint density at radius 1 is 0.382 bits per heavy atom. The van der Waals surface area contributed by atoms with E-state index in [2.05, 4.69) is 198 Å². The molecule has 0 radical (unpaired) electrons. The lowest BCUT2D eigenvalue weighted by Crippen LogP contribution is -2.11. The molecule has 0 atom stereocenters. The van der Waals surface area contributed by atoms with Crippen molar-refractivity contribution in [1.29, 1.82) is 0 Å². The summed E-state index contributed by atoms with van der Waals surface area (Å²) in [5, 5.41) is 8.57. The van der Waals surface area contributed by atoms with Gasteiger partial charge in [-0.15, -0.1) is 0 Å². The Morgan fingerprint density at radius 2 is 0.964 bits per heavy atom. The highest BCUT2D eigenvalue weighted by Crippen LogP contribution is 2.52. The zero-order chi connectivity index (χ0) is 36.0. The van der Waals surface area contributed by atoms with Crippen molar-refractivity contribution in [1.82, 2.24) is 4.57 Å². The molecule has 3 nitrogen and oxygen atoms in total. The lowest BCUT2D eigenvalue weighted by molar-refractivity contribution is 0.616. The molecule has 0 amide bonds. The third-order valence-electron chi connectivity index (χ3n) is 11.5. The van der Waals surface area contributed by atoms with Gasteiger partial charge in [-0.3, -0.25) is 0 Å². The molecule has 0 spiro atoms. The van der Waals surface area contributed by atoms with Crippen LogP contribution in [0.2, 0.25) is 0 Å². The summed E-state index contributed by atoms with van der Waals surface area (Å²) in [7, 11) is 0. The van der Waals surface area contributed by atoms with E-state index in [0.29, 0.717) is 0 Å². The number of nitrogens with zero attached hydrogens (tertiary/aromatic N) is 2. The molecule has 0 saturated carbocycles. The van der Waals surface area contributed by atoms with Gasteiger partial charge in [0.1, 0.15) is 5.58 Å². The number of para-hydroxylation sites is 3. The molecule has 55 heavy (non-hydrogen) atoms. The Hall–Kier alpha value is -7.36. The van der Waals surface area contributed by atoms with Crippen LogP contribution in [-0.4, -0.2) is 4.57 Å². The van der Waals surface area contributed by atoms with Gasteiger partial charge in [-0.25, -0.2) is 0 Å². The van der Waals surface area contributed by atoms with Crippen molar-refractivity contribution in [2.45, 2.75) is 0 Å². The normalized spacial score (nSPS) is 12.0. The minimum absolute atomic E-state index is 0.865. The number of benzene rings is 9. The highest BCUT2D eigenvalue weighted by Gasteiger charge is 2.26. The van der Waals surface area contributed by atoms with Gasteiger partial charge >= 0.3 is 0 Å². The molecule has 0 unspecified atom stereocenters. The number of furan rings is 1. The van der Waals surface area contributed by atoms with E-state index in [1.54, 1.807) is 6.26 Å². The maximum absolute atomic E-state index is 5.97. The molecule has 0 bridgehead atoms. The summed E-state index contributed by atoms with van der Waals surface area (Å²) >= 11 is 0. The highest BCUT2D eigenvalue weighted by atomic mass is 16.3. The Kier molecular flexibility index (Phi) is 6.34. The maximum Gasteiger partial charge on any atom is 0.136 e. The first-order valence-electron chi connectivity index (χ1n) is 18.8. The van der Waals surface area contributed by atoms with Crippen LogP contribution in [-0.2, 0) is 0 Å². The van der Waals surface area contributed by atoms with Crippen LogP contribution in [0.4, 0.5) is 17.1 Å². The average Bonchev–Trinajstić information content (AvgIpc) is 3.86. The predicted octanol–water partition coefficient (Wildman–Crippen LogP) is 14.6. The number of anilines is 3. The first-order chi connectivity index (χ1) is 27.3. The van der Waals surface area contributed by atoms with Crippen LogP contribution in [0.25, 0.3) is 93.4 Å². The molecular formula is C52H32N2O. The number of aromatic nitrogens is 1. The molecule has 9 aromatic carbocycles. The summed E-state index contributed by atoms with van der Waals surface area (Å²) in [6.07, 6.45) is 1.79. The molecule has 0 aliphatic heterocycles. The van der Waals surface area contributed by atoms with Gasteiger partial charge in [0, 0.05) is 38.8 Å². The molecule has 1 aliphatic carbocycles. The van der Waals surface area contributed by atoms with Crippen LogP contribution in [0.5, 0.6) is 0 Å². The van der Waals surface area contributed by atoms with Crippen LogP contribution < -0.4 is 4.90 Å². The van der Waals surface area contributed by atoms with Gasteiger partial charge in [-0.1, -0.05) is 97.1 Å². The molecule has 1 aliphatic rings. The molecule has 11 aromatic rings. The molecule has 0 saturated heterocycles. The van der Waals surface area contributed by atoms with Crippen LogP contribution in [0, 0.1) is 0 Å². The Labute approximate surface area is 317 Å². The largest absolute Gasteiger partial charge is 0.464 e. The van der Waals surface area contributed by atoms with Crippen molar-refractivity contribution in [3.05, 3.63) is 194 Å². The number of hydrogen-bond donors (Lipinski definition) is 0. The van der Waals surface area contributed by atoms with Gasteiger partial charge in [0.05, 0.1) is 23.0 Å².